The number of para-hydroxylation sites is 1. The molecule has 92 valence electrons. The molecule has 2 aromatic carbocycles. The van der Waals surface area contributed by atoms with Crippen LogP contribution in [-0.4, -0.2) is 17.4 Å². The summed E-state index contributed by atoms with van der Waals surface area (Å²) in [6, 6.07) is 16.0. The largest absolute Gasteiger partial charge is 0.476 e. The predicted molar refractivity (Wildman–Crippen MR) is 65.0 cm³/mol. The van der Waals surface area contributed by atoms with Crippen molar-refractivity contribution in [3.05, 3.63) is 54.6 Å². The fraction of sp³-hybridized carbons (Fsp3) is 0.0714. The second-order valence-electron chi connectivity index (χ2n) is 3.63. The van der Waals surface area contributed by atoms with Gasteiger partial charge in [0.25, 0.3) is 0 Å². The minimum Gasteiger partial charge on any atom is -0.476 e. The van der Waals surface area contributed by atoms with Gasteiger partial charge in [0.05, 0.1) is 0 Å². The molecule has 0 saturated heterocycles. The molecule has 1 atom stereocenters. The molecular formula is C14H11FO3. The van der Waals surface area contributed by atoms with Crippen LogP contribution in [0.2, 0.25) is 0 Å². The Morgan fingerprint density at radius 3 is 2.33 bits per heavy atom. The minimum absolute atomic E-state index is 0.207. The number of halogens is 1. The molecule has 0 aliphatic carbocycles. The number of aliphatic carboxylic acids is 1. The molecule has 2 aromatic rings. The Morgan fingerprint density at radius 2 is 1.67 bits per heavy atom. The van der Waals surface area contributed by atoms with Gasteiger partial charge in [-0.05, 0) is 11.6 Å². The molecule has 0 spiro atoms. The van der Waals surface area contributed by atoms with Crippen molar-refractivity contribution in [2.45, 2.75) is 6.36 Å². The van der Waals surface area contributed by atoms with Gasteiger partial charge in [-0.25, -0.2) is 4.79 Å². The minimum atomic E-state index is -2.37. The van der Waals surface area contributed by atoms with Gasteiger partial charge in [0.2, 0.25) is 0 Å². The summed E-state index contributed by atoms with van der Waals surface area (Å²) in [5.74, 6) is -1.43. The molecule has 2 rings (SSSR count). The number of hydrogen-bond donors (Lipinski definition) is 1. The third-order valence-corrected chi connectivity index (χ3v) is 2.40. The molecule has 0 heterocycles. The van der Waals surface area contributed by atoms with Crippen LogP contribution in [0.15, 0.2) is 54.6 Å². The molecule has 0 bridgehead atoms. The van der Waals surface area contributed by atoms with Gasteiger partial charge in [-0.1, -0.05) is 48.5 Å². The first-order valence-electron chi connectivity index (χ1n) is 5.36. The summed E-state index contributed by atoms with van der Waals surface area (Å²) in [4.78, 5) is 10.5. The standard InChI is InChI=1S/C14H11FO3/c15-13(14(16)17)18-12-9-5-4-8-11(12)10-6-2-1-3-7-10/h1-9,13H,(H,16,17). The van der Waals surface area contributed by atoms with E-state index in [1.807, 2.05) is 30.3 Å². The van der Waals surface area contributed by atoms with Crippen molar-refractivity contribution >= 4 is 5.97 Å². The molecule has 1 unspecified atom stereocenters. The monoisotopic (exact) mass is 246 g/mol. The van der Waals surface area contributed by atoms with E-state index in [9.17, 15) is 9.18 Å². The van der Waals surface area contributed by atoms with Crippen molar-refractivity contribution in [1.29, 1.82) is 0 Å². The van der Waals surface area contributed by atoms with Crippen molar-refractivity contribution in [1.82, 2.24) is 0 Å². The summed E-state index contributed by atoms with van der Waals surface area (Å²) < 4.78 is 17.9. The van der Waals surface area contributed by atoms with Crippen LogP contribution in [-0.2, 0) is 4.79 Å². The summed E-state index contributed by atoms with van der Waals surface area (Å²) >= 11 is 0. The average molecular weight is 246 g/mol. The first-order valence-corrected chi connectivity index (χ1v) is 5.36. The van der Waals surface area contributed by atoms with Gasteiger partial charge >= 0.3 is 12.3 Å². The second-order valence-corrected chi connectivity index (χ2v) is 3.63. The first-order chi connectivity index (χ1) is 8.68. The van der Waals surface area contributed by atoms with E-state index >= 15 is 0 Å². The maximum atomic E-state index is 13.1. The van der Waals surface area contributed by atoms with Crippen molar-refractivity contribution in [2.24, 2.45) is 0 Å². The second kappa shape index (κ2) is 5.31. The van der Waals surface area contributed by atoms with E-state index in [2.05, 4.69) is 0 Å². The van der Waals surface area contributed by atoms with Crippen molar-refractivity contribution in [2.75, 3.05) is 0 Å². The highest BCUT2D eigenvalue weighted by atomic mass is 19.1. The Kier molecular flexibility index (Phi) is 3.57. The number of carbonyl (C=O) groups is 1. The molecule has 3 nitrogen and oxygen atoms in total. The lowest BCUT2D eigenvalue weighted by Gasteiger charge is -2.12. The number of alkyl halides is 1. The highest BCUT2D eigenvalue weighted by molar-refractivity contribution is 5.73. The van der Waals surface area contributed by atoms with Gasteiger partial charge in [0, 0.05) is 5.56 Å². The lowest BCUT2D eigenvalue weighted by molar-refractivity contribution is -0.153. The molecule has 0 saturated carbocycles. The molecule has 0 radical (unpaired) electrons. The molecule has 4 heteroatoms. The van der Waals surface area contributed by atoms with Crippen LogP contribution in [0.4, 0.5) is 4.39 Å². The molecule has 0 aliphatic heterocycles. The van der Waals surface area contributed by atoms with Crippen LogP contribution in [0.1, 0.15) is 0 Å². The number of benzene rings is 2. The van der Waals surface area contributed by atoms with E-state index in [1.165, 1.54) is 6.07 Å². The summed E-state index contributed by atoms with van der Waals surface area (Å²) in [6.45, 7) is 0. The lowest BCUT2D eigenvalue weighted by atomic mass is 10.1. The van der Waals surface area contributed by atoms with E-state index in [1.54, 1.807) is 18.2 Å². The van der Waals surface area contributed by atoms with Crippen molar-refractivity contribution in [3.8, 4) is 16.9 Å². The summed E-state index contributed by atoms with van der Waals surface area (Å²) in [6.07, 6.45) is -2.37. The molecule has 18 heavy (non-hydrogen) atoms. The lowest BCUT2D eigenvalue weighted by Crippen LogP contribution is -2.21. The van der Waals surface area contributed by atoms with E-state index in [-0.39, 0.29) is 5.75 Å². The van der Waals surface area contributed by atoms with Gasteiger partial charge in [-0.3, -0.25) is 0 Å². The Labute approximate surface area is 103 Å². The first kappa shape index (κ1) is 12.1. The normalized spacial score (nSPS) is 11.8. The number of carboxylic acids is 1. The van der Waals surface area contributed by atoms with Crippen LogP contribution < -0.4 is 4.74 Å². The molecule has 0 fully saturated rings. The molecule has 0 aromatic heterocycles. The fourth-order valence-electron chi connectivity index (χ4n) is 1.59. The quantitative estimate of drug-likeness (QED) is 0.901. The van der Waals surface area contributed by atoms with E-state index < -0.39 is 12.3 Å². The third-order valence-electron chi connectivity index (χ3n) is 2.40. The predicted octanol–water partition coefficient (Wildman–Crippen LogP) is 3.11. The number of carboxylic acid groups (broad SMARTS) is 1. The highest BCUT2D eigenvalue weighted by Gasteiger charge is 2.19. The fourth-order valence-corrected chi connectivity index (χ4v) is 1.59. The summed E-state index contributed by atoms with van der Waals surface area (Å²) in [5, 5.41) is 8.50. The van der Waals surface area contributed by atoms with Crippen molar-refractivity contribution in [3.63, 3.8) is 0 Å². The number of ether oxygens (including phenoxy) is 1. The van der Waals surface area contributed by atoms with Crippen molar-refractivity contribution < 1.29 is 19.0 Å². The Hall–Kier alpha value is -2.36. The average Bonchev–Trinajstić information content (AvgIpc) is 2.40. The van der Waals surface area contributed by atoms with Gasteiger partial charge in [0.15, 0.2) is 0 Å². The van der Waals surface area contributed by atoms with Gasteiger partial charge in [0.1, 0.15) is 5.75 Å². The van der Waals surface area contributed by atoms with Gasteiger partial charge in [-0.15, -0.1) is 0 Å². The maximum absolute atomic E-state index is 13.1. The molecular weight excluding hydrogens is 235 g/mol. The number of rotatable bonds is 4. The zero-order valence-electron chi connectivity index (χ0n) is 9.42. The van der Waals surface area contributed by atoms with Gasteiger partial charge < -0.3 is 9.84 Å². The smallest absolute Gasteiger partial charge is 0.378 e. The highest BCUT2D eigenvalue weighted by Crippen LogP contribution is 2.30. The maximum Gasteiger partial charge on any atom is 0.378 e. The van der Waals surface area contributed by atoms with Crippen LogP contribution in [0.3, 0.4) is 0 Å². The van der Waals surface area contributed by atoms with Crippen LogP contribution in [0, 0.1) is 0 Å². The molecule has 0 amide bonds. The number of hydrogen-bond acceptors (Lipinski definition) is 2. The van der Waals surface area contributed by atoms with Crippen LogP contribution in [0.5, 0.6) is 5.75 Å². The zero-order valence-corrected chi connectivity index (χ0v) is 9.42. The SMILES string of the molecule is O=C(O)C(F)Oc1ccccc1-c1ccccc1. The third kappa shape index (κ3) is 2.66. The van der Waals surface area contributed by atoms with Crippen LogP contribution in [0.25, 0.3) is 11.1 Å². The Morgan fingerprint density at radius 1 is 1.06 bits per heavy atom. The van der Waals surface area contributed by atoms with Crippen LogP contribution >= 0.6 is 0 Å². The van der Waals surface area contributed by atoms with E-state index in [4.69, 9.17) is 9.84 Å². The van der Waals surface area contributed by atoms with E-state index in [0.29, 0.717) is 5.56 Å². The summed E-state index contributed by atoms with van der Waals surface area (Å²) in [5.41, 5.74) is 1.49. The molecule has 0 aliphatic rings. The molecule has 1 N–H and O–H groups in total. The Balaban J connectivity index is 2.35. The van der Waals surface area contributed by atoms with Gasteiger partial charge in [-0.2, -0.15) is 4.39 Å². The van der Waals surface area contributed by atoms with E-state index in [0.717, 1.165) is 5.56 Å². The topological polar surface area (TPSA) is 46.5 Å². The summed E-state index contributed by atoms with van der Waals surface area (Å²) in [7, 11) is 0. The zero-order chi connectivity index (χ0) is 13.0. The Bertz CT molecular complexity index is 540.